The van der Waals surface area contributed by atoms with Crippen molar-refractivity contribution in [2.24, 2.45) is 0 Å². The number of carbonyl (C=O) groups is 2. The molecule has 2 aromatic rings. The second kappa shape index (κ2) is 9.80. The van der Waals surface area contributed by atoms with Crippen LogP contribution in [-0.2, 0) is 4.79 Å². The molecule has 0 saturated carbocycles. The molecule has 0 heterocycles. The molecule has 0 aliphatic rings. The molecule has 4 nitrogen and oxygen atoms in total. The molecule has 138 valence electrons. The van der Waals surface area contributed by atoms with Crippen LogP contribution in [-0.4, -0.2) is 29.9 Å². The van der Waals surface area contributed by atoms with Crippen molar-refractivity contribution in [1.82, 2.24) is 5.32 Å². The van der Waals surface area contributed by atoms with Gasteiger partial charge in [0, 0.05) is 10.7 Å². The topological polar surface area (TPSA) is 58.2 Å². The molecule has 0 aromatic heterocycles. The third kappa shape index (κ3) is 5.90. The summed E-state index contributed by atoms with van der Waals surface area (Å²) in [7, 11) is 0. The van der Waals surface area contributed by atoms with Gasteiger partial charge in [-0.15, -0.1) is 0 Å². The van der Waals surface area contributed by atoms with Gasteiger partial charge in [0.25, 0.3) is 5.91 Å². The van der Waals surface area contributed by atoms with Crippen molar-refractivity contribution in [2.75, 3.05) is 17.3 Å². The van der Waals surface area contributed by atoms with E-state index in [0.29, 0.717) is 22.9 Å². The van der Waals surface area contributed by atoms with Gasteiger partial charge in [-0.3, -0.25) is 9.59 Å². The van der Waals surface area contributed by atoms with Gasteiger partial charge in [0.15, 0.2) is 0 Å². The number of hydrogen-bond acceptors (Lipinski definition) is 3. The van der Waals surface area contributed by atoms with Crippen LogP contribution in [0.5, 0.6) is 0 Å². The van der Waals surface area contributed by atoms with E-state index in [-0.39, 0.29) is 16.5 Å². The smallest absolute Gasteiger partial charge is 0.253 e. The Bertz CT molecular complexity index is 787. The van der Waals surface area contributed by atoms with Crippen molar-refractivity contribution in [3.05, 3.63) is 63.9 Å². The van der Waals surface area contributed by atoms with Crippen LogP contribution in [0.2, 0.25) is 10.0 Å². The van der Waals surface area contributed by atoms with Gasteiger partial charge in [-0.2, -0.15) is 11.8 Å². The minimum Gasteiger partial charge on any atom is -0.340 e. The summed E-state index contributed by atoms with van der Waals surface area (Å²) in [6.45, 7) is 0. The fraction of sp³-hybridized carbons (Fsp3) is 0.222. The van der Waals surface area contributed by atoms with Crippen molar-refractivity contribution in [2.45, 2.75) is 12.5 Å². The van der Waals surface area contributed by atoms with E-state index < -0.39 is 17.8 Å². The van der Waals surface area contributed by atoms with Gasteiger partial charge in [0.1, 0.15) is 11.9 Å². The van der Waals surface area contributed by atoms with E-state index in [1.807, 2.05) is 6.26 Å². The molecule has 0 bridgehead atoms. The zero-order valence-corrected chi connectivity index (χ0v) is 16.2. The first-order valence-corrected chi connectivity index (χ1v) is 9.87. The average Bonchev–Trinajstić information content (AvgIpc) is 2.60. The van der Waals surface area contributed by atoms with E-state index in [9.17, 15) is 14.0 Å². The molecule has 8 heteroatoms. The van der Waals surface area contributed by atoms with E-state index in [1.54, 1.807) is 17.8 Å². The summed E-state index contributed by atoms with van der Waals surface area (Å²) in [6.07, 6.45) is 2.35. The molecule has 0 aliphatic heterocycles. The maximum Gasteiger partial charge on any atom is 0.253 e. The van der Waals surface area contributed by atoms with Crippen LogP contribution in [0, 0.1) is 5.82 Å². The summed E-state index contributed by atoms with van der Waals surface area (Å²) in [5.74, 6) is -0.570. The minimum atomic E-state index is -0.758. The van der Waals surface area contributed by atoms with E-state index >= 15 is 0 Å². The van der Waals surface area contributed by atoms with Crippen LogP contribution in [0.1, 0.15) is 16.8 Å². The predicted octanol–water partition coefficient (Wildman–Crippen LogP) is 4.62. The molecule has 1 atom stereocenters. The van der Waals surface area contributed by atoms with Gasteiger partial charge >= 0.3 is 0 Å². The van der Waals surface area contributed by atoms with Crippen LogP contribution >= 0.6 is 35.0 Å². The molecular weight excluding hydrogens is 398 g/mol. The van der Waals surface area contributed by atoms with Gasteiger partial charge in [-0.25, -0.2) is 4.39 Å². The summed E-state index contributed by atoms with van der Waals surface area (Å²) < 4.78 is 13.0. The van der Waals surface area contributed by atoms with Crippen molar-refractivity contribution in [1.29, 1.82) is 0 Å². The molecule has 2 amide bonds. The quantitative estimate of drug-likeness (QED) is 0.694. The number of amides is 2. The molecule has 0 fully saturated rings. The number of benzene rings is 2. The molecule has 2 N–H and O–H groups in total. The van der Waals surface area contributed by atoms with Gasteiger partial charge in [-0.05, 0) is 60.9 Å². The lowest BCUT2D eigenvalue weighted by atomic mass is 10.1. The molecular formula is C18H17Cl2FN2O2S. The maximum absolute atomic E-state index is 13.0. The average molecular weight is 415 g/mol. The number of anilines is 1. The molecule has 0 aliphatic carbocycles. The van der Waals surface area contributed by atoms with Gasteiger partial charge < -0.3 is 10.6 Å². The highest BCUT2D eigenvalue weighted by Gasteiger charge is 2.22. The van der Waals surface area contributed by atoms with Crippen LogP contribution in [0.25, 0.3) is 0 Å². The summed E-state index contributed by atoms with van der Waals surface area (Å²) in [4.78, 5) is 25.0. The Morgan fingerprint density at radius 1 is 1.15 bits per heavy atom. The Balaban J connectivity index is 2.11. The van der Waals surface area contributed by atoms with Crippen molar-refractivity contribution in [3.8, 4) is 0 Å². The minimum absolute atomic E-state index is 0.206. The Kier molecular flexibility index (Phi) is 7.75. The Morgan fingerprint density at radius 3 is 2.46 bits per heavy atom. The lowest BCUT2D eigenvalue weighted by Crippen LogP contribution is -2.44. The Morgan fingerprint density at radius 2 is 1.85 bits per heavy atom. The number of nitrogens with one attached hydrogen (secondary N) is 2. The van der Waals surface area contributed by atoms with Gasteiger partial charge in [-0.1, -0.05) is 23.2 Å². The van der Waals surface area contributed by atoms with Crippen LogP contribution in [0.3, 0.4) is 0 Å². The summed E-state index contributed by atoms with van der Waals surface area (Å²) in [5.41, 5.74) is 0.684. The number of thioether (sulfide) groups is 1. The summed E-state index contributed by atoms with van der Waals surface area (Å²) >= 11 is 13.4. The van der Waals surface area contributed by atoms with E-state index in [4.69, 9.17) is 23.2 Å². The maximum atomic E-state index is 13.0. The van der Waals surface area contributed by atoms with Crippen molar-refractivity contribution >= 4 is 52.5 Å². The first-order chi connectivity index (χ1) is 12.4. The number of rotatable bonds is 7. The molecule has 0 radical (unpaired) electrons. The summed E-state index contributed by atoms with van der Waals surface area (Å²) in [6, 6.07) is 9.17. The highest BCUT2D eigenvalue weighted by molar-refractivity contribution is 7.98. The number of carbonyl (C=O) groups excluding carboxylic acids is 2. The first kappa shape index (κ1) is 20.6. The zero-order valence-electron chi connectivity index (χ0n) is 13.9. The van der Waals surface area contributed by atoms with Gasteiger partial charge in [0.2, 0.25) is 5.91 Å². The highest BCUT2D eigenvalue weighted by atomic mass is 35.5. The molecule has 26 heavy (non-hydrogen) atoms. The van der Waals surface area contributed by atoms with E-state index in [1.165, 1.54) is 36.4 Å². The third-order valence-corrected chi connectivity index (χ3v) is 4.71. The summed E-state index contributed by atoms with van der Waals surface area (Å²) in [5, 5.41) is 5.99. The molecule has 0 spiro atoms. The first-order valence-electron chi connectivity index (χ1n) is 7.72. The van der Waals surface area contributed by atoms with E-state index in [0.717, 1.165) is 0 Å². The Hall–Kier alpha value is -1.76. The molecule has 1 unspecified atom stereocenters. The van der Waals surface area contributed by atoms with Crippen molar-refractivity contribution in [3.63, 3.8) is 0 Å². The molecule has 2 rings (SSSR count). The monoisotopic (exact) mass is 414 g/mol. The molecule has 2 aromatic carbocycles. The zero-order chi connectivity index (χ0) is 19.1. The van der Waals surface area contributed by atoms with E-state index in [2.05, 4.69) is 10.6 Å². The normalized spacial score (nSPS) is 11.7. The lowest BCUT2D eigenvalue weighted by molar-refractivity contribution is -0.118. The number of hydrogen-bond donors (Lipinski definition) is 2. The predicted molar refractivity (Wildman–Crippen MR) is 106 cm³/mol. The fourth-order valence-corrected chi connectivity index (χ4v) is 3.14. The fourth-order valence-electron chi connectivity index (χ4n) is 2.18. The van der Waals surface area contributed by atoms with Crippen LogP contribution in [0.4, 0.5) is 10.1 Å². The standard InChI is InChI=1S/C18H17Cl2FN2O2S/c1-26-9-8-16(18(25)22-13-5-3-12(21)4-6-13)23-17(24)14-7-2-11(19)10-15(14)20/h2-7,10,16H,8-9H2,1H3,(H,22,25)(H,23,24). The SMILES string of the molecule is CSCCC(NC(=O)c1ccc(Cl)cc1Cl)C(=O)Nc1ccc(F)cc1. The highest BCUT2D eigenvalue weighted by Crippen LogP contribution is 2.21. The van der Waals surface area contributed by atoms with Crippen LogP contribution < -0.4 is 10.6 Å². The van der Waals surface area contributed by atoms with Crippen molar-refractivity contribution < 1.29 is 14.0 Å². The number of halogens is 3. The lowest BCUT2D eigenvalue weighted by Gasteiger charge is -2.18. The third-order valence-electron chi connectivity index (χ3n) is 3.52. The second-order valence-corrected chi connectivity index (χ2v) is 7.26. The molecule has 0 saturated heterocycles. The van der Waals surface area contributed by atoms with Crippen LogP contribution in [0.15, 0.2) is 42.5 Å². The van der Waals surface area contributed by atoms with Gasteiger partial charge in [0.05, 0.1) is 10.6 Å². The largest absolute Gasteiger partial charge is 0.340 e. The Labute approximate surface area is 165 Å². The second-order valence-electron chi connectivity index (χ2n) is 5.43.